The van der Waals surface area contributed by atoms with Crippen molar-refractivity contribution in [1.29, 1.82) is 0 Å². The van der Waals surface area contributed by atoms with Crippen molar-refractivity contribution < 1.29 is 9.30 Å². The van der Waals surface area contributed by atoms with E-state index in [0.717, 1.165) is 21.6 Å². The number of hydrogen-bond acceptors (Lipinski definition) is 6. The molecule has 0 fully saturated rings. The van der Waals surface area contributed by atoms with Crippen LogP contribution in [0, 0.1) is 5.81 Å². The number of aryl methyl sites for hydroxylation is 1. The number of hydrogen-bond donors (Lipinski definition) is 2. The van der Waals surface area contributed by atoms with Crippen LogP contribution in [0.15, 0.2) is 11.0 Å². The van der Waals surface area contributed by atoms with Gasteiger partial charge in [0.05, 0.1) is 0 Å². The van der Waals surface area contributed by atoms with Gasteiger partial charge >= 0.3 is 109 Å². The van der Waals surface area contributed by atoms with Crippen molar-refractivity contribution in [3.8, 4) is 11.6 Å². The summed E-state index contributed by atoms with van der Waals surface area (Å²) >= 11 is 5.80. The maximum absolute atomic E-state index is 10.3. The molecule has 2 N–H and O–H groups in total. The van der Waals surface area contributed by atoms with E-state index in [2.05, 4.69) is 23.4 Å². The van der Waals surface area contributed by atoms with Crippen molar-refractivity contribution in [2.75, 3.05) is 5.73 Å². The molecule has 17 heavy (non-hydrogen) atoms. The first-order chi connectivity index (χ1) is 8.17. The molecular formula is C10H9N2O2PS2. The summed E-state index contributed by atoms with van der Waals surface area (Å²) in [6, 6.07) is 1.74. The van der Waals surface area contributed by atoms with E-state index in [0.29, 0.717) is 16.4 Å². The Balaban J connectivity index is 2.75. The molecule has 2 rings (SSSR count). The summed E-state index contributed by atoms with van der Waals surface area (Å²) in [5.41, 5.74) is 7.46. The van der Waals surface area contributed by atoms with Crippen LogP contribution in [0.25, 0.3) is 10.2 Å². The molecule has 0 aliphatic rings. The van der Waals surface area contributed by atoms with Gasteiger partial charge in [-0.05, 0) is 0 Å². The van der Waals surface area contributed by atoms with Crippen molar-refractivity contribution in [3.05, 3.63) is 11.6 Å². The summed E-state index contributed by atoms with van der Waals surface area (Å²) in [6.07, 6.45) is 0.838. The molecule has 2 aromatic rings. The second kappa shape index (κ2) is 5.15. The topological polar surface area (TPSA) is 65.2 Å². The molecule has 0 aliphatic heterocycles. The normalized spacial score (nSPS) is 10.2. The van der Waals surface area contributed by atoms with Crippen LogP contribution in [0.5, 0.6) is 5.75 Å². The van der Waals surface area contributed by atoms with E-state index in [-0.39, 0.29) is 7.92 Å². The number of aromatic nitrogens is 1. The number of anilines is 1. The van der Waals surface area contributed by atoms with E-state index in [1.54, 1.807) is 6.07 Å². The number of ether oxygens (including phenoxy) is 1. The molecule has 7 heteroatoms. The number of thiol groups is 1. The average Bonchev–Trinajstić information content (AvgIpc) is 2.67. The molecule has 4 nitrogen and oxygen atoms in total. The van der Waals surface area contributed by atoms with Crippen LogP contribution in [0.1, 0.15) is 12.5 Å². The average molecular weight is 284 g/mol. The van der Waals surface area contributed by atoms with Crippen LogP contribution in [-0.2, 0) is 11.0 Å². The molecule has 0 atom stereocenters. The quantitative estimate of drug-likeness (QED) is 0.656. The summed E-state index contributed by atoms with van der Waals surface area (Å²) in [4.78, 5) is 5.02. The van der Waals surface area contributed by atoms with Gasteiger partial charge in [-0.25, -0.2) is 0 Å². The van der Waals surface area contributed by atoms with Crippen molar-refractivity contribution in [3.63, 3.8) is 0 Å². The first kappa shape index (κ1) is 12.5. The molecule has 0 saturated heterocycles. The van der Waals surface area contributed by atoms with Crippen LogP contribution in [-0.4, -0.2) is 4.98 Å². The molecule has 1 aromatic carbocycles. The van der Waals surface area contributed by atoms with Crippen molar-refractivity contribution in [2.24, 2.45) is 0 Å². The number of nitrogens with two attached hydrogens (primary N) is 1. The van der Waals surface area contributed by atoms with Gasteiger partial charge in [-0.15, -0.1) is 0 Å². The molecule has 1 heterocycles. The molecular weight excluding hydrogens is 275 g/mol. The third-order valence-corrected chi connectivity index (χ3v) is 3.78. The number of benzene rings is 1. The van der Waals surface area contributed by atoms with Crippen molar-refractivity contribution in [1.82, 2.24) is 4.98 Å². The second-order valence-electron chi connectivity index (χ2n) is 3.24. The Bertz CT molecular complexity index is 678. The fraction of sp³-hybridized carbons (Fsp3) is 0.200. The fourth-order valence-electron chi connectivity index (χ4n) is 1.59. The maximum atomic E-state index is 10.3. The monoisotopic (exact) mass is 284 g/mol. The third-order valence-electron chi connectivity index (χ3n) is 2.27. The van der Waals surface area contributed by atoms with E-state index >= 15 is 0 Å². The van der Waals surface area contributed by atoms with Gasteiger partial charge in [-0.3, -0.25) is 0 Å². The van der Waals surface area contributed by atoms with Crippen LogP contribution >= 0.6 is 31.9 Å². The predicted octanol–water partition coefficient (Wildman–Crippen LogP) is 3.32. The number of fused-ring (bicyclic) bond motifs is 1. The number of thiazole rings is 1. The summed E-state index contributed by atoms with van der Waals surface area (Å²) in [6.45, 7) is 2.04. The van der Waals surface area contributed by atoms with Crippen LogP contribution in [0.3, 0.4) is 0 Å². The van der Waals surface area contributed by atoms with Gasteiger partial charge in [-0.1, -0.05) is 0 Å². The molecule has 0 radical (unpaired) electrons. The minimum absolute atomic E-state index is 0.311. The SMILES string of the molecule is CCc1c(S)cc(OC#P=O)c2nc(N)sc12. The zero-order valence-electron chi connectivity index (χ0n) is 8.93. The Morgan fingerprint density at radius 1 is 1.71 bits per heavy atom. The van der Waals surface area contributed by atoms with Gasteiger partial charge in [0, 0.05) is 0 Å². The second-order valence-corrected chi connectivity index (χ2v) is 5.12. The number of nitrogens with zero attached hydrogens (tertiary/aromatic N) is 1. The fourth-order valence-corrected chi connectivity index (χ4v) is 3.16. The van der Waals surface area contributed by atoms with Gasteiger partial charge in [0.15, 0.2) is 0 Å². The van der Waals surface area contributed by atoms with Gasteiger partial charge in [-0.2, -0.15) is 0 Å². The van der Waals surface area contributed by atoms with E-state index in [1.807, 2.05) is 6.92 Å². The van der Waals surface area contributed by atoms with Crippen LogP contribution in [0.2, 0.25) is 0 Å². The molecule has 1 aromatic heterocycles. The molecule has 0 unspecified atom stereocenters. The number of rotatable bonds is 2. The Labute approximate surface area is 109 Å². The molecule has 88 valence electrons. The molecule has 0 saturated carbocycles. The zero-order chi connectivity index (χ0) is 12.4. The van der Waals surface area contributed by atoms with Gasteiger partial charge in [0.2, 0.25) is 0 Å². The van der Waals surface area contributed by atoms with Crippen LogP contribution in [0.4, 0.5) is 5.13 Å². The number of nitrogen functional groups attached to an aromatic ring is 1. The van der Waals surface area contributed by atoms with E-state index < -0.39 is 0 Å². The Kier molecular flexibility index (Phi) is 3.79. The van der Waals surface area contributed by atoms with Gasteiger partial charge in [0.25, 0.3) is 0 Å². The first-order valence-corrected chi connectivity index (χ1v) is 6.90. The summed E-state index contributed by atoms with van der Waals surface area (Å²) < 4.78 is 16.4. The van der Waals surface area contributed by atoms with Crippen molar-refractivity contribution in [2.45, 2.75) is 18.2 Å². The van der Waals surface area contributed by atoms with E-state index in [1.165, 1.54) is 11.3 Å². The summed E-state index contributed by atoms with van der Waals surface area (Å²) in [5.74, 6) is 2.71. The Morgan fingerprint density at radius 3 is 3.12 bits per heavy atom. The van der Waals surface area contributed by atoms with E-state index in [4.69, 9.17) is 10.5 Å². The Morgan fingerprint density at radius 2 is 2.47 bits per heavy atom. The minimum atomic E-state index is -0.311. The van der Waals surface area contributed by atoms with E-state index in [9.17, 15) is 4.57 Å². The summed E-state index contributed by atoms with van der Waals surface area (Å²) in [7, 11) is -0.311. The Hall–Kier alpha value is -0.930. The van der Waals surface area contributed by atoms with Gasteiger partial charge < -0.3 is 0 Å². The van der Waals surface area contributed by atoms with Crippen molar-refractivity contribution >= 4 is 47.2 Å². The predicted molar refractivity (Wildman–Crippen MR) is 72.8 cm³/mol. The zero-order valence-corrected chi connectivity index (χ0v) is 11.5. The third kappa shape index (κ3) is 2.35. The standard InChI is InChI=1S/C10H9N2O2PS2/c1-2-5-7(16)3-6(14-4-15-13)8-9(5)17-10(11)12-8/h3,16H,2H2,1H3,(H2,11,12). The van der Waals surface area contributed by atoms with Crippen LogP contribution < -0.4 is 10.5 Å². The van der Waals surface area contributed by atoms with Gasteiger partial charge in [0.1, 0.15) is 0 Å². The molecule has 0 spiro atoms. The molecule has 0 amide bonds. The molecule has 0 bridgehead atoms. The molecule has 0 aliphatic carbocycles. The summed E-state index contributed by atoms with van der Waals surface area (Å²) in [5, 5.41) is 0.471. The first-order valence-electron chi connectivity index (χ1n) is 4.82.